The van der Waals surface area contributed by atoms with Crippen LogP contribution in [0.5, 0.6) is 5.75 Å². The molecule has 2 rings (SSSR count). The second-order valence-electron chi connectivity index (χ2n) is 6.15. The van der Waals surface area contributed by atoms with Crippen LogP contribution in [0.4, 0.5) is 0 Å². The Bertz CT molecular complexity index is 412. The fourth-order valence-electron chi connectivity index (χ4n) is 2.31. The Kier molecular flexibility index (Phi) is 3.74. The highest BCUT2D eigenvalue weighted by Gasteiger charge is 2.21. The minimum absolute atomic E-state index is 0.0757. The van der Waals surface area contributed by atoms with Gasteiger partial charge in [0.1, 0.15) is 17.6 Å². The molecule has 1 saturated carbocycles. The fourth-order valence-corrected chi connectivity index (χ4v) is 2.31. The molecule has 0 radical (unpaired) electrons. The van der Waals surface area contributed by atoms with Crippen molar-refractivity contribution in [3.63, 3.8) is 0 Å². The molecular formula is C16H22O2. The van der Waals surface area contributed by atoms with Gasteiger partial charge < -0.3 is 4.74 Å². The van der Waals surface area contributed by atoms with E-state index in [0.717, 1.165) is 25.0 Å². The first-order valence-corrected chi connectivity index (χ1v) is 6.74. The van der Waals surface area contributed by atoms with Crippen LogP contribution in [0.25, 0.3) is 0 Å². The molecule has 1 fully saturated rings. The molecule has 0 N–H and O–H groups in total. The molecular weight excluding hydrogens is 224 g/mol. The topological polar surface area (TPSA) is 26.3 Å². The van der Waals surface area contributed by atoms with Gasteiger partial charge in [0.25, 0.3) is 0 Å². The van der Waals surface area contributed by atoms with E-state index in [1.54, 1.807) is 0 Å². The van der Waals surface area contributed by atoms with Crippen LogP contribution in [-0.4, -0.2) is 11.9 Å². The summed E-state index contributed by atoms with van der Waals surface area (Å²) in [6.07, 6.45) is 3.33. The van der Waals surface area contributed by atoms with Crippen molar-refractivity contribution in [3.8, 4) is 5.75 Å². The molecule has 1 atom stereocenters. The molecule has 0 heterocycles. The number of rotatable bonds is 2. The van der Waals surface area contributed by atoms with Crippen LogP contribution >= 0.6 is 0 Å². The summed E-state index contributed by atoms with van der Waals surface area (Å²) in [4.78, 5) is 11.4. The zero-order valence-corrected chi connectivity index (χ0v) is 11.5. The molecule has 0 spiro atoms. The highest BCUT2D eigenvalue weighted by atomic mass is 16.5. The number of carbonyl (C=O) groups excluding carboxylic acids is 1. The Labute approximate surface area is 109 Å². The lowest BCUT2D eigenvalue weighted by atomic mass is 9.87. The summed E-state index contributed by atoms with van der Waals surface area (Å²) in [6, 6.07) is 8.25. The molecule has 0 saturated heterocycles. The first kappa shape index (κ1) is 13.1. The Morgan fingerprint density at radius 2 is 1.83 bits per heavy atom. The van der Waals surface area contributed by atoms with Crippen LogP contribution in [-0.2, 0) is 10.2 Å². The van der Waals surface area contributed by atoms with Gasteiger partial charge in [0.2, 0.25) is 0 Å². The number of ketones is 1. The van der Waals surface area contributed by atoms with E-state index in [2.05, 4.69) is 32.9 Å². The van der Waals surface area contributed by atoms with Gasteiger partial charge in [-0.25, -0.2) is 0 Å². The van der Waals surface area contributed by atoms with Crippen molar-refractivity contribution >= 4 is 5.78 Å². The summed E-state index contributed by atoms with van der Waals surface area (Å²) in [7, 11) is 0. The van der Waals surface area contributed by atoms with Crippen molar-refractivity contribution in [1.29, 1.82) is 0 Å². The smallest absolute Gasteiger partial charge is 0.136 e. The predicted molar refractivity (Wildman–Crippen MR) is 73.0 cm³/mol. The summed E-state index contributed by atoms with van der Waals surface area (Å²) >= 11 is 0. The van der Waals surface area contributed by atoms with E-state index in [9.17, 15) is 4.79 Å². The third-order valence-electron chi connectivity index (χ3n) is 3.46. The Balaban J connectivity index is 2.00. The molecule has 2 nitrogen and oxygen atoms in total. The molecule has 98 valence electrons. The van der Waals surface area contributed by atoms with E-state index < -0.39 is 0 Å². The van der Waals surface area contributed by atoms with Crippen molar-refractivity contribution in [3.05, 3.63) is 29.8 Å². The molecule has 1 unspecified atom stereocenters. The van der Waals surface area contributed by atoms with Crippen LogP contribution in [0.1, 0.15) is 52.0 Å². The van der Waals surface area contributed by atoms with Gasteiger partial charge >= 0.3 is 0 Å². The second-order valence-corrected chi connectivity index (χ2v) is 6.15. The SMILES string of the molecule is CC(C)(C)c1ccc(OC2CCCC(=O)C2)cc1. The normalized spacial score (nSPS) is 20.8. The summed E-state index contributed by atoms with van der Waals surface area (Å²) < 4.78 is 5.87. The molecule has 0 amide bonds. The highest BCUT2D eigenvalue weighted by Crippen LogP contribution is 2.26. The molecule has 0 bridgehead atoms. The van der Waals surface area contributed by atoms with Crippen molar-refractivity contribution in [1.82, 2.24) is 0 Å². The third kappa shape index (κ3) is 3.34. The van der Waals surface area contributed by atoms with Crippen LogP contribution in [0.15, 0.2) is 24.3 Å². The minimum Gasteiger partial charge on any atom is -0.490 e. The second kappa shape index (κ2) is 5.13. The van der Waals surface area contributed by atoms with Crippen molar-refractivity contribution < 1.29 is 9.53 Å². The average molecular weight is 246 g/mol. The molecule has 18 heavy (non-hydrogen) atoms. The van der Waals surface area contributed by atoms with E-state index in [-0.39, 0.29) is 11.5 Å². The van der Waals surface area contributed by atoms with Crippen LogP contribution < -0.4 is 4.74 Å². The quantitative estimate of drug-likeness (QED) is 0.791. The maximum atomic E-state index is 11.4. The highest BCUT2D eigenvalue weighted by molar-refractivity contribution is 5.79. The lowest BCUT2D eigenvalue weighted by molar-refractivity contribution is -0.122. The number of ether oxygens (including phenoxy) is 1. The molecule has 1 aromatic rings. The Morgan fingerprint density at radius 3 is 2.39 bits per heavy atom. The van der Waals surface area contributed by atoms with E-state index in [1.165, 1.54) is 5.56 Å². The number of carbonyl (C=O) groups is 1. The number of Topliss-reactive ketones (excluding diaryl/α,β-unsaturated/α-hetero) is 1. The van der Waals surface area contributed by atoms with Crippen LogP contribution in [0, 0.1) is 0 Å². The maximum Gasteiger partial charge on any atom is 0.136 e. The Morgan fingerprint density at radius 1 is 1.17 bits per heavy atom. The summed E-state index contributed by atoms with van der Waals surface area (Å²) in [5.74, 6) is 1.21. The minimum atomic E-state index is 0.0757. The monoisotopic (exact) mass is 246 g/mol. The standard InChI is InChI=1S/C16H22O2/c1-16(2,3)12-7-9-14(10-8-12)18-15-6-4-5-13(17)11-15/h7-10,15H,4-6,11H2,1-3H3. The molecule has 1 aliphatic rings. The average Bonchev–Trinajstić information content (AvgIpc) is 2.28. The van der Waals surface area contributed by atoms with Gasteiger partial charge in [0.15, 0.2) is 0 Å². The fraction of sp³-hybridized carbons (Fsp3) is 0.562. The lowest BCUT2D eigenvalue weighted by Crippen LogP contribution is -2.25. The van der Waals surface area contributed by atoms with Gasteiger partial charge in [-0.05, 0) is 36.0 Å². The van der Waals surface area contributed by atoms with Crippen molar-refractivity contribution in [2.45, 2.75) is 58.0 Å². The lowest BCUT2D eigenvalue weighted by Gasteiger charge is -2.23. The van der Waals surface area contributed by atoms with Crippen LogP contribution in [0.2, 0.25) is 0 Å². The third-order valence-corrected chi connectivity index (χ3v) is 3.46. The number of benzene rings is 1. The number of hydrogen-bond donors (Lipinski definition) is 0. The van der Waals surface area contributed by atoms with Crippen molar-refractivity contribution in [2.75, 3.05) is 0 Å². The maximum absolute atomic E-state index is 11.4. The first-order chi connectivity index (χ1) is 8.45. The largest absolute Gasteiger partial charge is 0.490 e. The van der Waals surface area contributed by atoms with Gasteiger partial charge in [-0.2, -0.15) is 0 Å². The molecule has 1 aliphatic carbocycles. The zero-order valence-electron chi connectivity index (χ0n) is 11.5. The zero-order chi connectivity index (χ0) is 13.2. The van der Waals surface area contributed by atoms with E-state index in [4.69, 9.17) is 4.74 Å². The molecule has 2 heteroatoms. The van der Waals surface area contributed by atoms with E-state index >= 15 is 0 Å². The van der Waals surface area contributed by atoms with Gasteiger partial charge in [-0.3, -0.25) is 4.79 Å². The molecule has 0 aromatic heterocycles. The summed E-state index contributed by atoms with van der Waals surface area (Å²) in [6.45, 7) is 6.59. The Hall–Kier alpha value is -1.31. The predicted octanol–water partition coefficient (Wildman–Crippen LogP) is 3.87. The molecule has 1 aromatic carbocycles. The van der Waals surface area contributed by atoms with Gasteiger partial charge in [0.05, 0.1) is 0 Å². The van der Waals surface area contributed by atoms with Crippen molar-refractivity contribution in [2.24, 2.45) is 0 Å². The van der Waals surface area contributed by atoms with E-state index in [1.807, 2.05) is 12.1 Å². The van der Waals surface area contributed by atoms with Gasteiger partial charge in [-0.1, -0.05) is 32.9 Å². The number of hydrogen-bond acceptors (Lipinski definition) is 2. The summed E-state index contributed by atoms with van der Waals surface area (Å²) in [5, 5.41) is 0. The van der Waals surface area contributed by atoms with E-state index in [0.29, 0.717) is 12.2 Å². The van der Waals surface area contributed by atoms with Crippen LogP contribution in [0.3, 0.4) is 0 Å². The summed E-state index contributed by atoms with van der Waals surface area (Å²) in [5.41, 5.74) is 1.47. The van der Waals surface area contributed by atoms with Gasteiger partial charge in [0, 0.05) is 12.8 Å². The van der Waals surface area contributed by atoms with Gasteiger partial charge in [-0.15, -0.1) is 0 Å². The first-order valence-electron chi connectivity index (χ1n) is 6.74. The molecule has 0 aliphatic heterocycles.